The second kappa shape index (κ2) is 13.0. The molecule has 1 rings (SSSR count). The van der Waals surface area contributed by atoms with E-state index in [1.54, 1.807) is 0 Å². The molecule has 0 atom stereocenters. The number of carboxylic acids is 2. The Morgan fingerprint density at radius 1 is 1.17 bits per heavy atom. The molecule has 1 aromatic carbocycles. The van der Waals surface area contributed by atoms with Crippen LogP contribution in [0.3, 0.4) is 0 Å². The standard InChI is InChI=1S/C8H6O4.C8H14O3Si/c9-7(10)5-3-1-2-4-6(5)8(11)12;1-3-8(9)10-6-5-7-12-11-4-2/h1-4H,(H,9,10)(H,11,12);3H,1,4-7H2,2H3. The number of carboxylic acid groups (broad SMARTS) is 2. The molecule has 0 bridgehead atoms. The van der Waals surface area contributed by atoms with Gasteiger partial charge in [0, 0.05) is 12.7 Å². The molecule has 2 radical (unpaired) electrons. The third-order valence-corrected chi connectivity index (χ3v) is 3.52. The Morgan fingerprint density at radius 2 is 1.71 bits per heavy atom. The Bertz CT molecular complexity index is 524. The maximum Gasteiger partial charge on any atom is 0.336 e. The molecule has 0 saturated carbocycles. The van der Waals surface area contributed by atoms with E-state index in [9.17, 15) is 14.4 Å². The van der Waals surface area contributed by atoms with Crippen LogP contribution >= 0.6 is 0 Å². The zero-order valence-electron chi connectivity index (χ0n) is 13.4. The summed E-state index contributed by atoms with van der Waals surface area (Å²) in [7, 11) is 0.519. The monoisotopic (exact) mass is 352 g/mol. The lowest BCUT2D eigenvalue weighted by molar-refractivity contribution is -0.137. The largest absolute Gasteiger partial charge is 0.478 e. The normalized spacial score (nSPS) is 9.38. The minimum absolute atomic E-state index is 0.190. The number of hydrogen-bond acceptors (Lipinski definition) is 5. The van der Waals surface area contributed by atoms with Crippen molar-refractivity contribution in [1.82, 2.24) is 0 Å². The van der Waals surface area contributed by atoms with Crippen LogP contribution in [0.2, 0.25) is 6.04 Å². The highest BCUT2D eigenvalue weighted by Gasteiger charge is 2.13. The number of aromatic carboxylic acids is 2. The van der Waals surface area contributed by atoms with E-state index in [4.69, 9.17) is 19.4 Å². The molecule has 0 spiro atoms. The van der Waals surface area contributed by atoms with Gasteiger partial charge in [-0.05, 0) is 31.5 Å². The molecule has 1 aromatic rings. The van der Waals surface area contributed by atoms with Crippen molar-refractivity contribution in [3.8, 4) is 0 Å². The predicted octanol–water partition coefficient (Wildman–Crippen LogP) is 2.26. The molecule has 0 amide bonds. The maximum atomic E-state index is 10.5. The van der Waals surface area contributed by atoms with Crippen LogP contribution in [-0.2, 0) is 14.0 Å². The van der Waals surface area contributed by atoms with Crippen LogP contribution in [0, 0.1) is 0 Å². The summed E-state index contributed by atoms with van der Waals surface area (Å²) in [5.74, 6) is -2.81. The van der Waals surface area contributed by atoms with E-state index >= 15 is 0 Å². The summed E-state index contributed by atoms with van der Waals surface area (Å²) in [5.41, 5.74) is -0.380. The van der Waals surface area contributed by atoms with E-state index in [-0.39, 0.29) is 17.1 Å². The molecule has 0 aromatic heterocycles. The molecule has 0 heterocycles. The van der Waals surface area contributed by atoms with Crippen molar-refractivity contribution in [3.05, 3.63) is 48.0 Å². The number of carbonyl (C=O) groups is 3. The Balaban J connectivity index is 0.000000441. The van der Waals surface area contributed by atoms with E-state index < -0.39 is 11.9 Å². The van der Waals surface area contributed by atoms with Gasteiger partial charge in [0.2, 0.25) is 9.76 Å². The van der Waals surface area contributed by atoms with Crippen LogP contribution in [0.4, 0.5) is 0 Å². The molecule has 7 nitrogen and oxygen atoms in total. The topological polar surface area (TPSA) is 110 Å². The van der Waals surface area contributed by atoms with Gasteiger partial charge in [0.15, 0.2) is 0 Å². The highest BCUT2D eigenvalue weighted by atomic mass is 28.2. The number of ether oxygens (including phenoxy) is 1. The first-order valence-corrected chi connectivity index (χ1v) is 8.25. The maximum absolute atomic E-state index is 10.5. The molecule has 2 N–H and O–H groups in total. The Kier molecular flexibility index (Phi) is 11.7. The van der Waals surface area contributed by atoms with Crippen LogP contribution < -0.4 is 0 Å². The summed E-state index contributed by atoms with van der Waals surface area (Å²) in [6.45, 7) is 6.47. The number of hydrogen-bond donors (Lipinski definition) is 2. The van der Waals surface area contributed by atoms with Crippen LogP contribution in [0.5, 0.6) is 0 Å². The van der Waals surface area contributed by atoms with Gasteiger partial charge >= 0.3 is 17.9 Å². The summed E-state index contributed by atoms with van der Waals surface area (Å²) >= 11 is 0. The Hall–Kier alpha value is -2.45. The van der Waals surface area contributed by atoms with Gasteiger partial charge in [0.05, 0.1) is 17.7 Å². The van der Waals surface area contributed by atoms with Crippen molar-refractivity contribution in [3.63, 3.8) is 0 Å². The molecule has 0 aliphatic rings. The number of carbonyl (C=O) groups excluding carboxylic acids is 1. The molecular formula is C16H20O7Si. The molecule has 0 unspecified atom stereocenters. The van der Waals surface area contributed by atoms with E-state index in [1.165, 1.54) is 30.3 Å². The second-order valence-electron chi connectivity index (χ2n) is 4.21. The first-order chi connectivity index (χ1) is 11.4. The van der Waals surface area contributed by atoms with Gasteiger partial charge < -0.3 is 19.4 Å². The lowest BCUT2D eigenvalue weighted by atomic mass is 10.1. The number of rotatable bonds is 9. The lowest BCUT2D eigenvalue weighted by Crippen LogP contribution is -2.06. The van der Waals surface area contributed by atoms with Crippen molar-refractivity contribution in [2.75, 3.05) is 13.2 Å². The van der Waals surface area contributed by atoms with Gasteiger partial charge in [0.25, 0.3) is 0 Å². The van der Waals surface area contributed by atoms with Crippen molar-refractivity contribution in [1.29, 1.82) is 0 Å². The van der Waals surface area contributed by atoms with Gasteiger partial charge in [0.1, 0.15) is 0 Å². The van der Waals surface area contributed by atoms with E-state index in [2.05, 4.69) is 6.58 Å². The van der Waals surface area contributed by atoms with E-state index in [0.717, 1.165) is 19.1 Å². The first-order valence-electron chi connectivity index (χ1n) is 7.13. The zero-order valence-corrected chi connectivity index (χ0v) is 14.4. The first kappa shape index (κ1) is 21.5. The summed E-state index contributed by atoms with van der Waals surface area (Å²) in [6.07, 6.45) is 2.03. The van der Waals surface area contributed by atoms with Crippen molar-refractivity contribution < 1.29 is 33.8 Å². The molecule has 130 valence electrons. The van der Waals surface area contributed by atoms with Crippen molar-refractivity contribution in [2.45, 2.75) is 19.4 Å². The number of benzene rings is 1. The summed E-state index contributed by atoms with van der Waals surface area (Å²) in [4.78, 5) is 31.5. The smallest absolute Gasteiger partial charge is 0.336 e. The summed E-state index contributed by atoms with van der Waals surface area (Å²) < 4.78 is 9.90. The quantitative estimate of drug-likeness (QED) is 0.303. The van der Waals surface area contributed by atoms with Gasteiger partial charge in [-0.3, -0.25) is 0 Å². The molecular weight excluding hydrogens is 332 g/mol. The Morgan fingerprint density at radius 3 is 2.12 bits per heavy atom. The third-order valence-electron chi connectivity index (χ3n) is 2.47. The fourth-order valence-corrected chi connectivity index (χ4v) is 2.04. The third kappa shape index (κ3) is 9.54. The average Bonchev–Trinajstić information content (AvgIpc) is 2.58. The average molecular weight is 352 g/mol. The minimum atomic E-state index is -1.23. The SMILES string of the molecule is C=CC(=O)OCCC[Si]OCC.O=C(O)c1ccccc1C(=O)O. The summed E-state index contributed by atoms with van der Waals surface area (Å²) in [5, 5.41) is 17.1. The molecule has 0 aliphatic carbocycles. The minimum Gasteiger partial charge on any atom is -0.478 e. The van der Waals surface area contributed by atoms with Gasteiger partial charge in [-0.25, -0.2) is 14.4 Å². The molecule has 24 heavy (non-hydrogen) atoms. The fourth-order valence-electron chi connectivity index (χ4n) is 1.41. The second-order valence-corrected chi connectivity index (χ2v) is 5.29. The van der Waals surface area contributed by atoms with Crippen molar-refractivity contribution in [2.24, 2.45) is 0 Å². The zero-order chi connectivity index (χ0) is 18.4. The van der Waals surface area contributed by atoms with E-state index in [0.29, 0.717) is 16.4 Å². The highest BCUT2D eigenvalue weighted by molar-refractivity contribution is 6.26. The van der Waals surface area contributed by atoms with Gasteiger partial charge in [-0.15, -0.1) is 0 Å². The van der Waals surface area contributed by atoms with Gasteiger partial charge in [-0.1, -0.05) is 18.7 Å². The van der Waals surface area contributed by atoms with Crippen LogP contribution in [0.15, 0.2) is 36.9 Å². The highest BCUT2D eigenvalue weighted by Crippen LogP contribution is 2.07. The number of esters is 1. The van der Waals surface area contributed by atoms with E-state index in [1.807, 2.05) is 6.92 Å². The summed E-state index contributed by atoms with van der Waals surface area (Å²) in [6, 6.07) is 6.43. The predicted molar refractivity (Wildman–Crippen MR) is 88.3 cm³/mol. The fraction of sp³-hybridized carbons (Fsp3) is 0.312. The van der Waals surface area contributed by atoms with Crippen molar-refractivity contribution >= 4 is 27.7 Å². The molecule has 0 saturated heterocycles. The van der Waals surface area contributed by atoms with Gasteiger partial charge in [-0.2, -0.15) is 0 Å². The Labute approximate surface area is 142 Å². The molecule has 0 fully saturated rings. The van der Waals surface area contributed by atoms with Crippen LogP contribution in [0.1, 0.15) is 34.1 Å². The van der Waals surface area contributed by atoms with Crippen LogP contribution in [-0.4, -0.2) is 51.1 Å². The molecule has 8 heteroatoms. The molecule has 0 aliphatic heterocycles. The van der Waals surface area contributed by atoms with Crippen LogP contribution in [0.25, 0.3) is 0 Å². The lowest BCUT2D eigenvalue weighted by Gasteiger charge is -2.00.